The molecule has 0 spiro atoms. The van der Waals surface area contributed by atoms with Gasteiger partial charge in [0.1, 0.15) is 5.75 Å². The van der Waals surface area contributed by atoms with Crippen LogP contribution in [0.15, 0.2) is 36.4 Å². The minimum atomic E-state index is 0.170. The van der Waals surface area contributed by atoms with Gasteiger partial charge in [0, 0.05) is 50.2 Å². The van der Waals surface area contributed by atoms with Crippen LogP contribution in [0.1, 0.15) is 19.4 Å². The maximum Gasteiger partial charge on any atom is 0.126 e. The highest BCUT2D eigenvalue weighted by atomic mass is 16.5. The van der Waals surface area contributed by atoms with Crippen molar-refractivity contribution in [3.05, 3.63) is 42.0 Å². The van der Waals surface area contributed by atoms with Crippen molar-refractivity contribution in [1.82, 2.24) is 15.1 Å². The van der Waals surface area contributed by atoms with Gasteiger partial charge in [-0.2, -0.15) is 0 Å². The van der Waals surface area contributed by atoms with Gasteiger partial charge < -0.3 is 15.0 Å². The second-order valence-corrected chi connectivity index (χ2v) is 7.68. The molecule has 0 radical (unpaired) electrons. The van der Waals surface area contributed by atoms with Crippen molar-refractivity contribution in [2.24, 2.45) is 0 Å². The number of benzene rings is 2. The molecule has 0 atom stereocenters. The van der Waals surface area contributed by atoms with Crippen molar-refractivity contribution in [3.8, 4) is 5.75 Å². The molecular formula is C21H31N3O. The Bertz CT molecular complexity index is 705. The topological polar surface area (TPSA) is 27.7 Å². The van der Waals surface area contributed by atoms with Gasteiger partial charge in [-0.3, -0.25) is 4.90 Å². The fourth-order valence-corrected chi connectivity index (χ4v) is 3.69. The van der Waals surface area contributed by atoms with Crippen molar-refractivity contribution >= 4 is 10.8 Å². The summed E-state index contributed by atoms with van der Waals surface area (Å²) in [6.07, 6.45) is 0. The van der Waals surface area contributed by atoms with Crippen molar-refractivity contribution in [1.29, 1.82) is 0 Å². The molecule has 2 aromatic rings. The minimum Gasteiger partial charge on any atom is -0.496 e. The van der Waals surface area contributed by atoms with Crippen LogP contribution in [0.4, 0.5) is 0 Å². The summed E-state index contributed by atoms with van der Waals surface area (Å²) in [6, 6.07) is 12.7. The van der Waals surface area contributed by atoms with Crippen molar-refractivity contribution in [3.63, 3.8) is 0 Å². The molecule has 0 amide bonds. The molecule has 0 unspecified atom stereocenters. The van der Waals surface area contributed by atoms with Gasteiger partial charge in [0.15, 0.2) is 0 Å². The first kappa shape index (κ1) is 18.2. The first-order valence-electron chi connectivity index (χ1n) is 9.20. The number of ether oxygens (including phenoxy) is 1. The van der Waals surface area contributed by atoms with Crippen LogP contribution < -0.4 is 10.1 Å². The van der Waals surface area contributed by atoms with Gasteiger partial charge in [-0.25, -0.2) is 0 Å². The van der Waals surface area contributed by atoms with Crippen LogP contribution in [0.2, 0.25) is 0 Å². The van der Waals surface area contributed by atoms with Gasteiger partial charge >= 0.3 is 0 Å². The van der Waals surface area contributed by atoms with E-state index >= 15 is 0 Å². The van der Waals surface area contributed by atoms with E-state index in [0.29, 0.717) is 0 Å². The van der Waals surface area contributed by atoms with Crippen molar-refractivity contribution < 1.29 is 4.74 Å². The molecule has 0 saturated carbocycles. The second-order valence-electron chi connectivity index (χ2n) is 7.68. The summed E-state index contributed by atoms with van der Waals surface area (Å²) in [4.78, 5) is 5.01. The van der Waals surface area contributed by atoms with Gasteiger partial charge in [-0.15, -0.1) is 0 Å². The van der Waals surface area contributed by atoms with E-state index in [-0.39, 0.29) is 5.54 Å². The van der Waals surface area contributed by atoms with Crippen LogP contribution in [0.3, 0.4) is 0 Å². The molecule has 0 aromatic heterocycles. The van der Waals surface area contributed by atoms with Gasteiger partial charge in [0.05, 0.1) is 7.11 Å². The Morgan fingerprint density at radius 2 is 1.68 bits per heavy atom. The molecule has 1 fully saturated rings. The summed E-state index contributed by atoms with van der Waals surface area (Å²) in [7, 11) is 3.94. The molecule has 3 rings (SSSR count). The SMILES string of the molecule is COc1ccc(CNCC(C)(C)N2CCN(C)CC2)c2ccccc12. The third-order valence-corrected chi connectivity index (χ3v) is 5.43. The largest absolute Gasteiger partial charge is 0.496 e. The Labute approximate surface area is 151 Å². The van der Waals surface area contributed by atoms with Gasteiger partial charge in [-0.1, -0.05) is 30.3 Å². The lowest BCUT2D eigenvalue weighted by molar-refractivity contribution is 0.0618. The quantitative estimate of drug-likeness (QED) is 0.874. The number of fused-ring (bicyclic) bond motifs is 1. The fourth-order valence-electron chi connectivity index (χ4n) is 3.69. The molecule has 4 nitrogen and oxygen atoms in total. The number of methoxy groups -OCH3 is 1. The normalized spacial score (nSPS) is 17.1. The summed E-state index contributed by atoms with van der Waals surface area (Å²) >= 11 is 0. The van der Waals surface area contributed by atoms with Gasteiger partial charge in [-0.05, 0) is 37.9 Å². The van der Waals surface area contributed by atoms with E-state index in [1.165, 1.54) is 16.3 Å². The van der Waals surface area contributed by atoms with Crippen LogP contribution >= 0.6 is 0 Å². The number of piperazine rings is 1. The highest BCUT2D eigenvalue weighted by Crippen LogP contribution is 2.28. The lowest BCUT2D eigenvalue weighted by Gasteiger charge is -2.43. The molecule has 2 aromatic carbocycles. The summed E-state index contributed by atoms with van der Waals surface area (Å²) < 4.78 is 5.50. The number of hydrogen-bond donors (Lipinski definition) is 1. The molecule has 1 aliphatic rings. The Morgan fingerprint density at radius 1 is 1.00 bits per heavy atom. The third kappa shape index (κ3) is 4.14. The zero-order chi connectivity index (χ0) is 17.9. The number of likely N-dealkylation sites (N-methyl/N-ethyl adjacent to an activating group) is 1. The Morgan fingerprint density at radius 3 is 2.36 bits per heavy atom. The average molecular weight is 341 g/mol. The predicted octanol–water partition coefficient (Wildman–Crippen LogP) is 2.96. The molecule has 0 bridgehead atoms. The highest BCUT2D eigenvalue weighted by molar-refractivity contribution is 5.91. The number of nitrogens with zero attached hydrogens (tertiary/aromatic N) is 2. The summed E-state index contributed by atoms with van der Waals surface area (Å²) in [5.41, 5.74) is 1.49. The zero-order valence-corrected chi connectivity index (χ0v) is 16.0. The minimum absolute atomic E-state index is 0.170. The predicted molar refractivity (Wildman–Crippen MR) is 105 cm³/mol. The zero-order valence-electron chi connectivity index (χ0n) is 16.0. The van der Waals surface area contributed by atoms with Crippen molar-refractivity contribution in [2.75, 3.05) is 46.9 Å². The smallest absolute Gasteiger partial charge is 0.126 e. The average Bonchev–Trinajstić information content (AvgIpc) is 2.62. The van der Waals surface area contributed by atoms with Crippen LogP contribution in [-0.2, 0) is 6.54 Å². The number of rotatable bonds is 6. The Kier molecular flexibility index (Phi) is 5.62. The molecule has 25 heavy (non-hydrogen) atoms. The number of nitrogens with one attached hydrogen (secondary N) is 1. The van der Waals surface area contributed by atoms with E-state index in [2.05, 4.69) is 72.4 Å². The Balaban J connectivity index is 1.65. The Hall–Kier alpha value is -1.62. The molecule has 0 aliphatic carbocycles. The molecule has 4 heteroatoms. The van der Waals surface area contributed by atoms with Gasteiger partial charge in [0.25, 0.3) is 0 Å². The lowest BCUT2D eigenvalue weighted by Crippen LogP contribution is -2.57. The van der Waals surface area contributed by atoms with Crippen LogP contribution in [-0.4, -0.2) is 62.2 Å². The molecule has 1 heterocycles. The van der Waals surface area contributed by atoms with E-state index in [1.54, 1.807) is 7.11 Å². The fraction of sp³-hybridized carbons (Fsp3) is 0.524. The summed E-state index contributed by atoms with van der Waals surface area (Å²) in [5.74, 6) is 0.942. The maximum absolute atomic E-state index is 5.50. The van der Waals surface area contributed by atoms with Gasteiger partial charge in [0.2, 0.25) is 0 Å². The lowest BCUT2D eigenvalue weighted by atomic mass is 10.0. The van der Waals surface area contributed by atoms with Crippen LogP contribution in [0, 0.1) is 0 Å². The first-order valence-corrected chi connectivity index (χ1v) is 9.20. The number of hydrogen-bond acceptors (Lipinski definition) is 4. The van der Waals surface area contributed by atoms with Crippen LogP contribution in [0.5, 0.6) is 5.75 Å². The van der Waals surface area contributed by atoms with E-state index < -0.39 is 0 Å². The molecule has 1 N–H and O–H groups in total. The van der Waals surface area contributed by atoms with E-state index in [1.807, 2.05) is 0 Å². The standard InChI is InChI=1S/C21H31N3O/c1-21(2,24-13-11-23(3)12-14-24)16-22-15-17-9-10-20(25-4)19-8-6-5-7-18(17)19/h5-10,22H,11-16H2,1-4H3. The van der Waals surface area contributed by atoms with E-state index in [4.69, 9.17) is 4.74 Å². The monoisotopic (exact) mass is 341 g/mol. The van der Waals surface area contributed by atoms with Crippen LogP contribution in [0.25, 0.3) is 10.8 Å². The first-order chi connectivity index (χ1) is 12.0. The highest BCUT2D eigenvalue weighted by Gasteiger charge is 2.28. The second kappa shape index (κ2) is 7.73. The maximum atomic E-state index is 5.50. The van der Waals surface area contributed by atoms with E-state index in [9.17, 15) is 0 Å². The molecule has 136 valence electrons. The molecule has 1 saturated heterocycles. The van der Waals surface area contributed by atoms with E-state index in [0.717, 1.165) is 45.0 Å². The third-order valence-electron chi connectivity index (χ3n) is 5.43. The summed E-state index contributed by atoms with van der Waals surface area (Å²) in [5, 5.41) is 6.14. The summed E-state index contributed by atoms with van der Waals surface area (Å²) in [6.45, 7) is 11.2. The molecular weight excluding hydrogens is 310 g/mol. The van der Waals surface area contributed by atoms with Crippen molar-refractivity contribution in [2.45, 2.75) is 25.9 Å². The molecule has 1 aliphatic heterocycles.